The van der Waals surface area contributed by atoms with Crippen LogP contribution in [0.15, 0.2) is 0 Å². The summed E-state index contributed by atoms with van der Waals surface area (Å²) >= 11 is 2.11. The molecule has 0 saturated heterocycles. The maximum absolute atomic E-state index is 7.26. The van der Waals surface area contributed by atoms with Gasteiger partial charge in [-0.3, -0.25) is 0 Å². The van der Waals surface area contributed by atoms with Crippen LogP contribution in [-0.4, -0.2) is 67.4 Å². The molecule has 0 rings (SSSR count). The monoisotopic (exact) mass is 145 g/mol. The average Bonchev–Trinajstić information content (AvgIpc) is 0.918. The Morgan fingerprint density at radius 1 is 1.75 bits per heavy atom. The third kappa shape index (κ3) is 9.42. The van der Waals surface area contributed by atoms with Crippen molar-refractivity contribution in [3.8, 4) is 4.97 Å². The Balaban J connectivity index is 0. The van der Waals surface area contributed by atoms with Crippen molar-refractivity contribution in [3.63, 3.8) is 0 Å². The summed E-state index contributed by atoms with van der Waals surface area (Å²) in [7, 11) is 0. The fraction of sp³-hybridized carbons (Fsp3) is 0. The fourth-order valence-corrected chi connectivity index (χ4v) is 0. The molecule has 0 spiro atoms. The first-order chi connectivity index (χ1) is 1.41. The summed E-state index contributed by atoms with van der Waals surface area (Å²) in [6.07, 6.45) is 0. The second-order valence-corrected chi connectivity index (χ2v) is 0.474. The van der Waals surface area contributed by atoms with Crippen LogP contribution in [0.2, 0.25) is 0 Å². The van der Waals surface area contributed by atoms with E-state index < -0.39 is 0 Å². The van der Waals surface area contributed by atoms with Gasteiger partial charge in [0.05, 0.1) is 0 Å². The molecule has 16 valence electrons. The zero-order valence-corrected chi connectivity index (χ0v) is 7.19. The number of nitrogens with zero attached hydrogens (tertiary/aromatic N) is 1. The first-order valence-electron chi connectivity index (χ1n) is 0.428. The van der Waals surface area contributed by atoms with Crippen LogP contribution >= 0.6 is 0 Å². The van der Waals surface area contributed by atoms with Gasteiger partial charge in [-0.25, -0.2) is 0 Å². The van der Waals surface area contributed by atoms with E-state index >= 15 is 0 Å². The second kappa shape index (κ2) is 8.82. The van der Waals surface area contributed by atoms with Crippen molar-refractivity contribution >= 4 is 67.4 Å². The Morgan fingerprint density at radius 3 is 1.75 bits per heavy atom. The van der Waals surface area contributed by atoms with Gasteiger partial charge in [0.2, 0.25) is 0 Å². The van der Waals surface area contributed by atoms with E-state index in [0.717, 1.165) is 0 Å². The standard InChI is InChI=1S/CNSe.K/c2-1-3;. The number of hydrogen-bond donors (Lipinski definition) is 0. The molecule has 3 heteroatoms. The predicted octanol–water partition coefficient (Wildman–Crippen LogP) is -0.745. The Morgan fingerprint density at radius 2 is 1.75 bits per heavy atom. The second-order valence-electron chi connectivity index (χ2n) is 0.0913. The molecular weight excluding hydrogens is 144 g/mol. The van der Waals surface area contributed by atoms with Gasteiger partial charge in [-0.05, 0) is 0 Å². The molecule has 0 saturated carbocycles. The van der Waals surface area contributed by atoms with Crippen LogP contribution in [0.1, 0.15) is 0 Å². The molecule has 0 bridgehead atoms. The predicted molar refractivity (Wildman–Crippen MR) is 17.1 cm³/mol. The summed E-state index contributed by atoms with van der Waals surface area (Å²) in [5.74, 6) is 0. The summed E-state index contributed by atoms with van der Waals surface area (Å²) in [6, 6.07) is 0. The number of hydrogen-bond acceptors (Lipinski definition) is 1. The van der Waals surface area contributed by atoms with Crippen molar-refractivity contribution in [2.24, 2.45) is 0 Å². The van der Waals surface area contributed by atoms with Gasteiger partial charge in [0.1, 0.15) is 0 Å². The van der Waals surface area contributed by atoms with Crippen LogP contribution in [0, 0.1) is 10.2 Å². The van der Waals surface area contributed by atoms with Crippen molar-refractivity contribution in [1.82, 2.24) is 0 Å². The molecule has 0 amide bonds. The van der Waals surface area contributed by atoms with Gasteiger partial charge in [-0.15, -0.1) is 0 Å². The fourth-order valence-electron chi connectivity index (χ4n) is 0. The smallest absolute Gasteiger partial charge is 0 e. The Labute approximate surface area is 76.0 Å². The van der Waals surface area contributed by atoms with Gasteiger partial charge < -0.3 is 0 Å². The van der Waals surface area contributed by atoms with Gasteiger partial charge in [-0.1, -0.05) is 0 Å². The molecule has 0 aliphatic heterocycles. The summed E-state index contributed by atoms with van der Waals surface area (Å²) in [4.78, 5) is 1.62. The van der Waals surface area contributed by atoms with Crippen LogP contribution < -0.4 is 0 Å². The average molecular weight is 144 g/mol. The number of nitriles is 1. The molecule has 0 N–H and O–H groups in total. The maximum atomic E-state index is 7.26. The molecule has 0 aromatic rings. The molecular formula is CKNSe. The first kappa shape index (κ1) is 9.17. The SMILES string of the molecule is N#C[Se].[K]. The summed E-state index contributed by atoms with van der Waals surface area (Å²) < 4.78 is 0. The van der Waals surface area contributed by atoms with E-state index in [1.807, 2.05) is 0 Å². The van der Waals surface area contributed by atoms with Crippen LogP contribution in [0.5, 0.6) is 0 Å². The molecule has 0 fully saturated rings. The minimum Gasteiger partial charge on any atom is 0 e. The third-order valence-corrected chi connectivity index (χ3v) is 0. The van der Waals surface area contributed by atoms with Gasteiger partial charge in [0, 0.05) is 51.4 Å². The minimum absolute atomic E-state index is 0. The van der Waals surface area contributed by atoms with E-state index in [1.165, 1.54) is 0 Å². The first-order valence-corrected chi connectivity index (χ1v) is 1.28. The Hall–Kier alpha value is 1.65. The van der Waals surface area contributed by atoms with E-state index in [4.69, 9.17) is 5.26 Å². The van der Waals surface area contributed by atoms with Gasteiger partial charge >= 0.3 is 26.2 Å². The van der Waals surface area contributed by atoms with Crippen molar-refractivity contribution in [2.75, 3.05) is 0 Å². The van der Waals surface area contributed by atoms with Crippen molar-refractivity contribution < 1.29 is 0 Å². The zero-order valence-electron chi connectivity index (χ0n) is 2.36. The van der Waals surface area contributed by atoms with E-state index in [-0.39, 0.29) is 51.4 Å². The normalized spacial score (nSPS) is 1.75. The minimum atomic E-state index is 0. The van der Waals surface area contributed by atoms with E-state index in [1.54, 1.807) is 4.97 Å². The molecule has 0 aromatic carbocycles. The van der Waals surface area contributed by atoms with E-state index in [9.17, 15) is 0 Å². The summed E-state index contributed by atoms with van der Waals surface area (Å²) in [5.41, 5.74) is 0. The van der Waals surface area contributed by atoms with Crippen LogP contribution in [0.4, 0.5) is 0 Å². The molecule has 2 radical (unpaired) electrons. The molecule has 0 aromatic heterocycles. The third-order valence-electron chi connectivity index (χ3n) is 0. The Bertz CT molecular complexity index is 29.5. The molecule has 0 unspecified atom stereocenters. The van der Waals surface area contributed by atoms with Crippen LogP contribution in [0.25, 0.3) is 0 Å². The molecule has 0 atom stereocenters. The quantitative estimate of drug-likeness (QED) is 0.410. The van der Waals surface area contributed by atoms with E-state index in [0.29, 0.717) is 0 Å². The number of rotatable bonds is 0. The topological polar surface area (TPSA) is 23.8 Å². The molecule has 0 aliphatic carbocycles. The van der Waals surface area contributed by atoms with Crippen LogP contribution in [0.3, 0.4) is 0 Å². The molecule has 1 nitrogen and oxygen atoms in total. The van der Waals surface area contributed by atoms with Crippen molar-refractivity contribution in [2.45, 2.75) is 0 Å². The van der Waals surface area contributed by atoms with Crippen LogP contribution in [-0.2, 0) is 0 Å². The summed E-state index contributed by atoms with van der Waals surface area (Å²) in [6.45, 7) is 0. The largest absolute Gasteiger partial charge is 0 e. The zero-order chi connectivity index (χ0) is 2.71. The maximum Gasteiger partial charge on any atom is 0 e. The van der Waals surface area contributed by atoms with Gasteiger partial charge in [-0.2, -0.15) is 0 Å². The Kier molecular flexibility index (Phi) is 20.2. The summed E-state index contributed by atoms with van der Waals surface area (Å²) in [5, 5.41) is 7.26. The molecule has 4 heavy (non-hydrogen) atoms. The molecule has 0 heterocycles. The van der Waals surface area contributed by atoms with Crippen molar-refractivity contribution in [3.05, 3.63) is 0 Å². The molecule has 0 aliphatic rings. The van der Waals surface area contributed by atoms with Gasteiger partial charge in [0.15, 0.2) is 0 Å². The van der Waals surface area contributed by atoms with E-state index in [2.05, 4.69) is 16.0 Å². The van der Waals surface area contributed by atoms with Gasteiger partial charge in [0.25, 0.3) is 0 Å². The van der Waals surface area contributed by atoms with Crippen molar-refractivity contribution in [1.29, 1.82) is 5.26 Å².